The van der Waals surface area contributed by atoms with E-state index < -0.39 is 0 Å². The van der Waals surface area contributed by atoms with Gasteiger partial charge in [-0.25, -0.2) is 0 Å². The van der Waals surface area contributed by atoms with Crippen LogP contribution in [-0.4, -0.2) is 32.9 Å². The molecule has 4 rings (SSSR count). The van der Waals surface area contributed by atoms with Gasteiger partial charge in [-0.1, -0.05) is 54.2 Å². The molecule has 2 aromatic carbocycles. The van der Waals surface area contributed by atoms with E-state index in [1.54, 1.807) is 13.4 Å². The number of rotatable bonds is 8. The van der Waals surface area contributed by atoms with Crippen LogP contribution in [-0.2, 0) is 6.54 Å². The maximum Gasteiger partial charge on any atom is 0.192 e. The second-order valence-electron chi connectivity index (χ2n) is 6.69. The Morgan fingerprint density at radius 2 is 1.93 bits per heavy atom. The highest BCUT2D eigenvalue weighted by atomic mass is 32.2. The summed E-state index contributed by atoms with van der Waals surface area (Å²) in [5.41, 5.74) is 1.56. The molecule has 6 nitrogen and oxygen atoms in total. The standard InChI is InChI=1S/C23H21N3O3S/c1-16(21(27)17-8-4-3-5-9-17)30-23-25-24-22(18-10-6-11-19(14-18)28-2)26(23)15-20-12-7-13-29-20/h3-14,16H,15H2,1-2H3. The van der Waals surface area contributed by atoms with Crippen LogP contribution in [0, 0.1) is 0 Å². The first-order valence-electron chi connectivity index (χ1n) is 9.51. The first-order valence-corrected chi connectivity index (χ1v) is 10.4. The van der Waals surface area contributed by atoms with Crippen molar-refractivity contribution in [3.8, 4) is 17.1 Å². The Morgan fingerprint density at radius 3 is 2.67 bits per heavy atom. The van der Waals surface area contributed by atoms with Gasteiger partial charge in [0.1, 0.15) is 11.5 Å². The number of hydrogen-bond donors (Lipinski definition) is 0. The molecule has 30 heavy (non-hydrogen) atoms. The Hall–Kier alpha value is -3.32. The Bertz CT molecular complexity index is 1120. The monoisotopic (exact) mass is 419 g/mol. The van der Waals surface area contributed by atoms with Crippen molar-refractivity contribution in [2.45, 2.75) is 23.9 Å². The van der Waals surface area contributed by atoms with Gasteiger partial charge in [-0.2, -0.15) is 0 Å². The van der Waals surface area contributed by atoms with Gasteiger partial charge in [0.15, 0.2) is 16.8 Å². The van der Waals surface area contributed by atoms with Gasteiger partial charge in [0.2, 0.25) is 0 Å². The Morgan fingerprint density at radius 1 is 1.10 bits per heavy atom. The fourth-order valence-electron chi connectivity index (χ4n) is 3.10. The summed E-state index contributed by atoms with van der Waals surface area (Å²) in [7, 11) is 1.63. The summed E-state index contributed by atoms with van der Waals surface area (Å²) in [6.07, 6.45) is 1.64. The average molecular weight is 420 g/mol. The molecule has 152 valence electrons. The lowest BCUT2D eigenvalue weighted by Gasteiger charge is -2.13. The highest BCUT2D eigenvalue weighted by Crippen LogP contribution is 2.30. The molecule has 2 aromatic heterocycles. The summed E-state index contributed by atoms with van der Waals surface area (Å²) in [4.78, 5) is 12.8. The second kappa shape index (κ2) is 9.00. The van der Waals surface area contributed by atoms with Crippen LogP contribution >= 0.6 is 11.8 Å². The van der Waals surface area contributed by atoms with Crippen LogP contribution < -0.4 is 4.74 Å². The summed E-state index contributed by atoms with van der Waals surface area (Å²) in [5, 5.41) is 9.14. The lowest BCUT2D eigenvalue weighted by Crippen LogP contribution is -2.15. The number of thioether (sulfide) groups is 1. The molecular weight excluding hydrogens is 398 g/mol. The van der Waals surface area contributed by atoms with Crippen molar-refractivity contribution in [3.63, 3.8) is 0 Å². The third-order valence-corrected chi connectivity index (χ3v) is 5.73. The molecule has 7 heteroatoms. The predicted octanol–water partition coefficient (Wildman–Crippen LogP) is 4.96. The van der Waals surface area contributed by atoms with Crippen molar-refractivity contribution >= 4 is 17.5 Å². The molecule has 1 unspecified atom stereocenters. The summed E-state index contributed by atoms with van der Waals surface area (Å²) in [5.74, 6) is 2.26. The van der Waals surface area contributed by atoms with Crippen molar-refractivity contribution in [1.82, 2.24) is 14.8 Å². The molecule has 4 aromatic rings. The van der Waals surface area contributed by atoms with Crippen molar-refractivity contribution in [1.29, 1.82) is 0 Å². The average Bonchev–Trinajstić information content (AvgIpc) is 3.44. The summed E-state index contributed by atoms with van der Waals surface area (Å²) < 4.78 is 12.9. The van der Waals surface area contributed by atoms with Gasteiger partial charge in [0.25, 0.3) is 0 Å². The van der Waals surface area contributed by atoms with E-state index in [2.05, 4.69) is 10.2 Å². The lowest BCUT2D eigenvalue weighted by atomic mass is 10.1. The number of hydrogen-bond acceptors (Lipinski definition) is 6. The zero-order valence-corrected chi connectivity index (χ0v) is 17.5. The van der Waals surface area contributed by atoms with Crippen LogP contribution in [0.15, 0.2) is 82.6 Å². The van der Waals surface area contributed by atoms with Gasteiger partial charge in [-0.15, -0.1) is 10.2 Å². The van der Waals surface area contributed by atoms with Crippen LogP contribution in [0.3, 0.4) is 0 Å². The number of furan rings is 1. The quantitative estimate of drug-likeness (QED) is 0.297. The Labute approximate surface area is 178 Å². The zero-order valence-electron chi connectivity index (χ0n) is 16.7. The van der Waals surface area contributed by atoms with E-state index in [-0.39, 0.29) is 11.0 Å². The Balaban J connectivity index is 1.67. The van der Waals surface area contributed by atoms with E-state index in [1.165, 1.54) is 11.8 Å². The number of carbonyl (C=O) groups is 1. The van der Waals surface area contributed by atoms with Gasteiger partial charge in [0.05, 0.1) is 25.2 Å². The molecule has 0 spiro atoms. The van der Waals surface area contributed by atoms with Crippen molar-refractivity contribution in [3.05, 3.63) is 84.3 Å². The van der Waals surface area contributed by atoms with E-state index >= 15 is 0 Å². The normalized spacial score (nSPS) is 11.9. The summed E-state index contributed by atoms with van der Waals surface area (Å²) in [6.45, 7) is 2.35. The van der Waals surface area contributed by atoms with Crippen molar-refractivity contribution in [2.24, 2.45) is 0 Å². The first kappa shape index (κ1) is 20.0. The fraction of sp³-hybridized carbons (Fsp3) is 0.174. The molecule has 0 aliphatic heterocycles. The topological polar surface area (TPSA) is 70.2 Å². The predicted molar refractivity (Wildman–Crippen MR) is 116 cm³/mol. The van der Waals surface area contributed by atoms with Crippen LogP contribution in [0.2, 0.25) is 0 Å². The molecule has 0 saturated heterocycles. The minimum atomic E-state index is -0.315. The minimum absolute atomic E-state index is 0.0519. The third-order valence-electron chi connectivity index (χ3n) is 4.65. The van der Waals surface area contributed by atoms with Crippen LogP contribution in [0.25, 0.3) is 11.4 Å². The van der Waals surface area contributed by atoms with Crippen LogP contribution in [0.1, 0.15) is 23.0 Å². The second-order valence-corrected chi connectivity index (χ2v) is 8.00. The van der Waals surface area contributed by atoms with Crippen LogP contribution in [0.5, 0.6) is 5.75 Å². The molecule has 0 aliphatic rings. The number of benzene rings is 2. The molecular formula is C23H21N3O3S. The van der Waals surface area contributed by atoms with Gasteiger partial charge in [-0.3, -0.25) is 9.36 Å². The molecule has 0 bridgehead atoms. The van der Waals surface area contributed by atoms with Gasteiger partial charge < -0.3 is 9.15 Å². The van der Waals surface area contributed by atoms with Crippen molar-refractivity contribution in [2.75, 3.05) is 7.11 Å². The highest BCUT2D eigenvalue weighted by Gasteiger charge is 2.22. The zero-order chi connectivity index (χ0) is 20.9. The largest absolute Gasteiger partial charge is 0.497 e. The number of carbonyl (C=O) groups excluding carboxylic acids is 1. The highest BCUT2D eigenvalue weighted by molar-refractivity contribution is 8.00. The van der Waals surface area contributed by atoms with Crippen LogP contribution in [0.4, 0.5) is 0 Å². The number of ether oxygens (including phenoxy) is 1. The third kappa shape index (κ3) is 4.31. The molecule has 0 radical (unpaired) electrons. The maximum absolute atomic E-state index is 12.8. The van der Waals surface area contributed by atoms with E-state index in [4.69, 9.17) is 9.15 Å². The van der Waals surface area contributed by atoms with Crippen molar-refractivity contribution < 1.29 is 13.9 Å². The fourth-order valence-corrected chi connectivity index (χ4v) is 4.03. The minimum Gasteiger partial charge on any atom is -0.497 e. The molecule has 2 heterocycles. The number of ketones is 1. The molecule has 0 N–H and O–H groups in total. The number of aromatic nitrogens is 3. The molecule has 1 atom stereocenters. The van der Waals surface area contributed by atoms with E-state index in [0.717, 1.165) is 17.1 Å². The Kier molecular flexibility index (Phi) is 5.99. The number of methoxy groups -OCH3 is 1. The molecule has 0 amide bonds. The van der Waals surface area contributed by atoms with Gasteiger partial charge in [0, 0.05) is 11.1 Å². The number of Topliss-reactive ketones (excluding diaryl/α,β-unsaturated/α-hetero) is 1. The van der Waals surface area contributed by atoms with E-state index in [0.29, 0.717) is 23.1 Å². The maximum atomic E-state index is 12.8. The lowest BCUT2D eigenvalue weighted by molar-refractivity contribution is 0.0994. The molecule has 0 saturated carbocycles. The smallest absolute Gasteiger partial charge is 0.192 e. The van der Waals surface area contributed by atoms with E-state index in [1.807, 2.05) is 78.2 Å². The van der Waals surface area contributed by atoms with Gasteiger partial charge >= 0.3 is 0 Å². The molecule has 0 aliphatic carbocycles. The SMILES string of the molecule is COc1cccc(-c2nnc(SC(C)C(=O)c3ccccc3)n2Cc2ccco2)c1. The first-order chi connectivity index (χ1) is 14.7. The summed E-state index contributed by atoms with van der Waals surface area (Å²) >= 11 is 1.39. The van der Waals surface area contributed by atoms with E-state index in [9.17, 15) is 4.79 Å². The van der Waals surface area contributed by atoms with Gasteiger partial charge in [-0.05, 0) is 31.2 Å². The summed E-state index contributed by atoms with van der Waals surface area (Å²) in [6, 6.07) is 20.7. The number of nitrogens with zero attached hydrogens (tertiary/aromatic N) is 3. The molecule has 0 fully saturated rings.